The number of alkyl halides is 3. The minimum atomic E-state index is -4.37. The molecule has 204 valence electrons. The van der Waals surface area contributed by atoms with Crippen LogP contribution < -0.4 is 10.2 Å². The Labute approximate surface area is 226 Å². The van der Waals surface area contributed by atoms with Crippen molar-refractivity contribution in [1.82, 2.24) is 5.32 Å². The molecule has 0 radical (unpaired) electrons. The molecule has 2 aliphatic rings. The average Bonchev–Trinajstić information content (AvgIpc) is 2.87. The van der Waals surface area contributed by atoms with E-state index in [0.29, 0.717) is 18.5 Å². The molecule has 0 spiro atoms. The van der Waals surface area contributed by atoms with E-state index in [-0.39, 0.29) is 41.4 Å². The van der Waals surface area contributed by atoms with Gasteiger partial charge in [-0.2, -0.15) is 18.2 Å². The summed E-state index contributed by atoms with van der Waals surface area (Å²) in [5, 5.41) is 3.80. The summed E-state index contributed by atoms with van der Waals surface area (Å²) in [5.74, 6) is -0.172. The van der Waals surface area contributed by atoms with Gasteiger partial charge < -0.3 is 10.2 Å². The fourth-order valence-electron chi connectivity index (χ4n) is 5.04. The SMILES string of the molecule is CCN(C1=NC(=O)C2CC(C)(C)CCC2S1)c1ccc(CCC(=O)NCc2ccc(C(F)(F)F)cc2)cc1. The van der Waals surface area contributed by atoms with E-state index in [1.807, 2.05) is 31.2 Å². The number of amidine groups is 1. The first-order valence-electron chi connectivity index (χ1n) is 13.0. The lowest BCUT2D eigenvalue weighted by molar-refractivity contribution is -0.137. The summed E-state index contributed by atoms with van der Waals surface area (Å²) in [4.78, 5) is 31.7. The minimum absolute atomic E-state index is 0.000945. The Kier molecular flexibility index (Phi) is 8.55. The van der Waals surface area contributed by atoms with Gasteiger partial charge in [0, 0.05) is 30.4 Å². The van der Waals surface area contributed by atoms with Crippen molar-refractivity contribution in [2.24, 2.45) is 16.3 Å². The van der Waals surface area contributed by atoms with Crippen molar-refractivity contribution in [2.45, 2.75) is 70.8 Å². The summed E-state index contributed by atoms with van der Waals surface area (Å²) in [6.45, 7) is 7.36. The van der Waals surface area contributed by atoms with Gasteiger partial charge in [0.2, 0.25) is 5.91 Å². The quantitative estimate of drug-likeness (QED) is 0.426. The van der Waals surface area contributed by atoms with Crippen LogP contribution in [0.3, 0.4) is 0 Å². The zero-order chi connectivity index (χ0) is 27.5. The van der Waals surface area contributed by atoms with E-state index in [2.05, 4.69) is 29.1 Å². The summed E-state index contributed by atoms with van der Waals surface area (Å²) in [6.07, 6.45) is -0.543. The fourth-order valence-corrected chi connectivity index (χ4v) is 6.43. The number of carbonyl (C=O) groups is 2. The van der Waals surface area contributed by atoms with Gasteiger partial charge in [-0.1, -0.05) is 49.9 Å². The Hall–Kier alpha value is -2.81. The van der Waals surface area contributed by atoms with Gasteiger partial charge in [-0.3, -0.25) is 9.59 Å². The zero-order valence-corrected chi connectivity index (χ0v) is 22.8. The van der Waals surface area contributed by atoms with Gasteiger partial charge >= 0.3 is 6.18 Å². The van der Waals surface area contributed by atoms with Crippen LogP contribution in [-0.4, -0.2) is 28.8 Å². The second-order valence-corrected chi connectivity index (χ2v) is 12.0. The van der Waals surface area contributed by atoms with Crippen molar-refractivity contribution in [3.63, 3.8) is 0 Å². The summed E-state index contributed by atoms with van der Waals surface area (Å²) in [7, 11) is 0. The second kappa shape index (κ2) is 11.5. The van der Waals surface area contributed by atoms with E-state index < -0.39 is 11.7 Å². The number of nitrogens with one attached hydrogen (secondary N) is 1. The predicted molar refractivity (Wildman–Crippen MR) is 146 cm³/mol. The minimum Gasteiger partial charge on any atom is -0.352 e. The molecule has 2 unspecified atom stereocenters. The summed E-state index contributed by atoms with van der Waals surface area (Å²) < 4.78 is 38.1. The van der Waals surface area contributed by atoms with Gasteiger partial charge in [0.1, 0.15) is 0 Å². The predicted octanol–water partition coefficient (Wildman–Crippen LogP) is 6.61. The van der Waals surface area contributed by atoms with Crippen molar-refractivity contribution in [2.75, 3.05) is 11.4 Å². The smallest absolute Gasteiger partial charge is 0.352 e. The Balaban J connectivity index is 1.30. The normalized spacial score (nSPS) is 20.9. The van der Waals surface area contributed by atoms with Crippen molar-refractivity contribution in [3.05, 3.63) is 65.2 Å². The topological polar surface area (TPSA) is 61.8 Å². The molecule has 1 N–H and O–H groups in total. The molecule has 0 bridgehead atoms. The first-order valence-corrected chi connectivity index (χ1v) is 13.9. The molecule has 4 rings (SSSR count). The molecule has 2 atom stereocenters. The zero-order valence-electron chi connectivity index (χ0n) is 22.0. The van der Waals surface area contributed by atoms with E-state index >= 15 is 0 Å². The molecule has 1 saturated carbocycles. The van der Waals surface area contributed by atoms with Gasteiger partial charge in [0.15, 0.2) is 5.17 Å². The van der Waals surface area contributed by atoms with Crippen molar-refractivity contribution < 1.29 is 22.8 Å². The average molecular weight is 546 g/mol. The lowest BCUT2D eigenvalue weighted by atomic mass is 9.71. The summed E-state index contributed by atoms with van der Waals surface area (Å²) >= 11 is 1.72. The number of anilines is 1. The van der Waals surface area contributed by atoms with Gasteiger partial charge in [-0.25, -0.2) is 0 Å². The number of fused-ring (bicyclic) bond motifs is 1. The van der Waals surface area contributed by atoms with Crippen LogP contribution in [0.15, 0.2) is 53.5 Å². The van der Waals surface area contributed by atoms with Crippen LogP contribution in [0.5, 0.6) is 0 Å². The molecule has 1 aliphatic heterocycles. The maximum Gasteiger partial charge on any atom is 0.416 e. The number of aryl methyl sites for hydroxylation is 1. The molecule has 2 aromatic carbocycles. The van der Waals surface area contributed by atoms with Crippen molar-refractivity contribution in [1.29, 1.82) is 0 Å². The number of rotatable bonds is 7. The van der Waals surface area contributed by atoms with Gasteiger partial charge in [0.05, 0.1) is 11.5 Å². The van der Waals surface area contributed by atoms with Gasteiger partial charge in [0.25, 0.3) is 5.91 Å². The first kappa shape index (κ1) is 28.2. The Morgan fingerprint density at radius 2 is 1.76 bits per heavy atom. The highest BCUT2D eigenvalue weighted by molar-refractivity contribution is 8.14. The maximum atomic E-state index is 12.9. The number of nitrogens with zero attached hydrogens (tertiary/aromatic N) is 2. The number of amides is 2. The monoisotopic (exact) mass is 545 g/mol. The van der Waals surface area contributed by atoms with Gasteiger partial charge in [-0.05, 0) is 73.4 Å². The van der Waals surface area contributed by atoms with E-state index in [1.165, 1.54) is 12.1 Å². The maximum absolute atomic E-state index is 12.9. The number of aliphatic imine (C=N–C) groups is 1. The molecule has 38 heavy (non-hydrogen) atoms. The largest absolute Gasteiger partial charge is 0.416 e. The highest BCUT2D eigenvalue weighted by Gasteiger charge is 2.43. The molecule has 2 amide bonds. The first-order chi connectivity index (χ1) is 17.9. The highest BCUT2D eigenvalue weighted by Crippen LogP contribution is 2.46. The van der Waals surface area contributed by atoms with Crippen LogP contribution in [0.4, 0.5) is 18.9 Å². The van der Waals surface area contributed by atoms with Gasteiger partial charge in [-0.15, -0.1) is 0 Å². The third kappa shape index (κ3) is 6.98. The molecule has 5 nitrogen and oxygen atoms in total. The van der Waals surface area contributed by atoms with Crippen LogP contribution in [0.2, 0.25) is 0 Å². The number of hydrogen-bond donors (Lipinski definition) is 1. The third-order valence-electron chi connectivity index (χ3n) is 7.31. The molecule has 1 fully saturated rings. The van der Waals surface area contributed by atoms with E-state index in [9.17, 15) is 22.8 Å². The van der Waals surface area contributed by atoms with Crippen LogP contribution in [0.1, 0.15) is 63.1 Å². The Bertz CT molecular complexity index is 1180. The van der Waals surface area contributed by atoms with E-state index in [1.54, 1.807) is 11.8 Å². The van der Waals surface area contributed by atoms with Crippen LogP contribution in [0, 0.1) is 11.3 Å². The van der Waals surface area contributed by atoms with Crippen LogP contribution in [0.25, 0.3) is 0 Å². The molecular formula is C29H34F3N3O2S. The summed E-state index contributed by atoms with van der Waals surface area (Å²) in [6, 6.07) is 12.7. The molecule has 0 saturated heterocycles. The molecule has 9 heteroatoms. The standard InChI is InChI=1S/C29H34F3N3O2S/c1-4-35(27-34-26(37)23-17-28(2,3)16-15-24(23)38-27)22-12-7-19(8-13-22)9-14-25(36)33-18-20-5-10-21(11-6-20)29(30,31)32/h5-8,10-13,23-24H,4,9,14-18H2,1-3H3,(H,33,36). The van der Waals surface area contributed by atoms with Crippen LogP contribution >= 0.6 is 11.8 Å². The van der Waals surface area contributed by atoms with Crippen molar-refractivity contribution in [3.8, 4) is 0 Å². The Morgan fingerprint density at radius 3 is 2.39 bits per heavy atom. The number of hydrogen-bond acceptors (Lipinski definition) is 4. The summed E-state index contributed by atoms with van der Waals surface area (Å²) in [5.41, 5.74) is 2.04. The number of thioether (sulfide) groups is 1. The molecule has 1 heterocycles. The van der Waals surface area contributed by atoms with E-state index in [0.717, 1.165) is 47.8 Å². The lowest BCUT2D eigenvalue weighted by Crippen LogP contribution is -2.43. The van der Waals surface area contributed by atoms with Crippen LogP contribution in [-0.2, 0) is 28.7 Å². The highest BCUT2D eigenvalue weighted by atomic mass is 32.2. The van der Waals surface area contributed by atoms with Crippen molar-refractivity contribution >= 4 is 34.4 Å². The fraction of sp³-hybridized carbons (Fsp3) is 0.483. The Morgan fingerprint density at radius 1 is 1.11 bits per heavy atom. The molecule has 1 aliphatic carbocycles. The second-order valence-electron chi connectivity index (χ2n) is 10.8. The molecule has 2 aromatic rings. The number of benzene rings is 2. The van der Waals surface area contributed by atoms with E-state index in [4.69, 9.17) is 0 Å². The number of carbonyl (C=O) groups excluding carboxylic acids is 2. The number of halogens is 3. The molecular weight excluding hydrogens is 511 g/mol. The third-order valence-corrected chi connectivity index (χ3v) is 8.70. The molecule has 0 aromatic heterocycles. The lowest BCUT2D eigenvalue weighted by Gasteiger charge is -2.42.